The Hall–Kier alpha value is -2.33. The average molecular weight is 359 g/mol. The van der Waals surface area contributed by atoms with Crippen molar-refractivity contribution in [1.29, 1.82) is 0 Å². The molecule has 5 heteroatoms. The summed E-state index contributed by atoms with van der Waals surface area (Å²) in [6, 6.07) is 16.6. The van der Waals surface area contributed by atoms with E-state index in [4.69, 9.17) is 11.6 Å². The van der Waals surface area contributed by atoms with Gasteiger partial charge in [0.15, 0.2) is 0 Å². The number of amides is 2. The predicted molar refractivity (Wildman–Crippen MR) is 101 cm³/mol. The van der Waals surface area contributed by atoms with Crippen LogP contribution in [-0.4, -0.2) is 18.4 Å². The van der Waals surface area contributed by atoms with Crippen LogP contribution in [-0.2, 0) is 11.3 Å². The van der Waals surface area contributed by atoms with Crippen molar-refractivity contribution in [3.8, 4) is 0 Å². The van der Waals surface area contributed by atoms with E-state index in [1.54, 1.807) is 12.1 Å². The number of nitrogens with one attached hydrogen (secondary N) is 2. The van der Waals surface area contributed by atoms with E-state index < -0.39 is 0 Å². The summed E-state index contributed by atoms with van der Waals surface area (Å²) in [4.78, 5) is 23.6. The Balaban J connectivity index is 1.51. The van der Waals surface area contributed by atoms with E-state index in [1.807, 2.05) is 42.5 Å². The minimum atomic E-state index is -0.0543. The monoisotopic (exact) mass is 358 g/mol. The van der Waals surface area contributed by atoms with Gasteiger partial charge in [0.25, 0.3) is 5.91 Å². The molecule has 0 spiro atoms. The molecule has 0 unspecified atom stereocenters. The van der Waals surface area contributed by atoms with Crippen molar-refractivity contribution in [3.63, 3.8) is 0 Å². The lowest BCUT2D eigenvalue weighted by atomic mass is 10.1. The minimum Gasteiger partial charge on any atom is -0.352 e. The summed E-state index contributed by atoms with van der Waals surface area (Å²) in [6.07, 6.45) is 3.08. The second kappa shape index (κ2) is 10.5. The number of halogens is 1. The molecule has 2 amide bonds. The highest BCUT2D eigenvalue weighted by molar-refractivity contribution is 6.30. The van der Waals surface area contributed by atoms with Crippen LogP contribution >= 0.6 is 11.6 Å². The van der Waals surface area contributed by atoms with Gasteiger partial charge in [-0.15, -0.1) is 0 Å². The first-order valence-electron chi connectivity index (χ1n) is 8.49. The quantitative estimate of drug-likeness (QED) is 0.667. The van der Waals surface area contributed by atoms with E-state index in [0.29, 0.717) is 30.1 Å². The molecule has 0 saturated heterocycles. The van der Waals surface area contributed by atoms with Crippen LogP contribution in [0.3, 0.4) is 0 Å². The minimum absolute atomic E-state index is 0.0447. The van der Waals surface area contributed by atoms with Gasteiger partial charge in [0.1, 0.15) is 0 Å². The lowest BCUT2D eigenvalue weighted by molar-refractivity contribution is -0.121. The summed E-state index contributed by atoms with van der Waals surface area (Å²) in [5.41, 5.74) is 1.70. The van der Waals surface area contributed by atoms with Crippen LogP contribution in [0.25, 0.3) is 0 Å². The second-order valence-corrected chi connectivity index (χ2v) is 6.27. The van der Waals surface area contributed by atoms with Crippen molar-refractivity contribution in [3.05, 3.63) is 70.7 Å². The molecule has 0 saturated carbocycles. The van der Waals surface area contributed by atoms with E-state index in [2.05, 4.69) is 10.6 Å². The molecule has 0 atom stereocenters. The Bertz CT molecular complexity index is 672. The first-order chi connectivity index (χ1) is 12.1. The number of carbonyl (C=O) groups excluding carboxylic acids is 2. The Labute approximate surface area is 153 Å². The molecule has 2 rings (SSSR count). The Kier molecular flexibility index (Phi) is 7.99. The van der Waals surface area contributed by atoms with Crippen LogP contribution in [0.1, 0.15) is 41.6 Å². The summed E-state index contributed by atoms with van der Waals surface area (Å²) >= 11 is 5.83. The lowest BCUT2D eigenvalue weighted by Gasteiger charge is -2.07. The van der Waals surface area contributed by atoms with Gasteiger partial charge in [-0.25, -0.2) is 0 Å². The predicted octanol–water partition coefficient (Wildman–Crippen LogP) is 3.95. The van der Waals surface area contributed by atoms with Crippen LogP contribution in [0.5, 0.6) is 0 Å². The lowest BCUT2D eigenvalue weighted by Crippen LogP contribution is -2.24. The van der Waals surface area contributed by atoms with Crippen molar-refractivity contribution in [2.24, 2.45) is 0 Å². The van der Waals surface area contributed by atoms with Crippen LogP contribution in [0, 0.1) is 0 Å². The molecule has 2 aromatic rings. The van der Waals surface area contributed by atoms with Gasteiger partial charge in [-0.05, 0) is 42.7 Å². The molecule has 0 heterocycles. The largest absolute Gasteiger partial charge is 0.352 e. The number of hydrogen-bond acceptors (Lipinski definition) is 2. The molecule has 0 aliphatic carbocycles. The van der Waals surface area contributed by atoms with Gasteiger partial charge in [-0.2, -0.15) is 0 Å². The second-order valence-electron chi connectivity index (χ2n) is 5.84. The fourth-order valence-electron chi connectivity index (χ4n) is 2.37. The van der Waals surface area contributed by atoms with Gasteiger partial charge in [-0.1, -0.05) is 48.4 Å². The van der Waals surface area contributed by atoms with Crippen molar-refractivity contribution in [2.75, 3.05) is 6.54 Å². The van der Waals surface area contributed by atoms with Gasteiger partial charge in [0, 0.05) is 30.1 Å². The average Bonchev–Trinajstić information content (AvgIpc) is 2.64. The zero-order valence-electron chi connectivity index (χ0n) is 14.1. The molecule has 132 valence electrons. The Morgan fingerprint density at radius 1 is 0.840 bits per heavy atom. The molecule has 2 aromatic carbocycles. The number of rotatable bonds is 9. The molecule has 25 heavy (non-hydrogen) atoms. The maximum absolute atomic E-state index is 11.8. The molecule has 0 fully saturated rings. The summed E-state index contributed by atoms with van der Waals surface area (Å²) in [7, 11) is 0. The highest BCUT2D eigenvalue weighted by Crippen LogP contribution is 2.09. The molecule has 0 radical (unpaired) electrons. The van der Waals surface area contributed by atoms with Crippen molar-refractivity contribution < 1.29 is 9.59 Å². The zero-order valence-corrected chi connectivity index (χ0v) is 14.9. The van der Waals surface area contributed by atoms with E-state index >= 15 is 0 Å². The smallest absolute Gasteiger partial charge is 0.251 e. The van der Waals surface area contributed by atoms with E-state index in [0.717, 1.165) is 24.8 Å². The van der Waals surface area contributed by atoms with E-state index in [9.17, 15) is 9.59 Å². The zero-order chi connectivity index (χ0) is 17.9. The third-order valence-electron chi connectivity index (χ3n) is 3.81. The Morgan fingerprint density at radius 2 is 1.56 bits per heavy atom. The first kappa shape index (κ1) is 19.0. The van der Waals surface area contributed by atoms with Gasteiger partial charge >= 0.3 is 0 Å². The number of benzene rings is 2. The van der Waals surface area contributed by atoms with Crippen LogP contribution in [0.15, 0.2) is 54.6 Å². The van der Waals surface area contributed by atoms with E-state index in [1.165, 1.54) is 0 Å². The molecule has 0 aliphatic rings. The fourth-order valence-corrected chi connectivity index (χ4v) is 2.50. The van der Waals surface area contributed by atoms with Gasteiger partial charge in [0.2, 0.25) is 5.91 Å². The summed E-state index contributed by atoms with van der Waals surface area (Å²) < 4.78 is 0. The number of unbranched alkanes of at least 4 members (excludes halogenated alkanes) is 2. The van der Waals surface area contributed by atoms with Crippen LogP contribution in [0.2, 0.25) is 5.02 Å². The van der Waals surface area contributed by atoms with Crippen molar-refractivity contribution in [2.45, 2.75) is 32.2 Å². The number of carbonyl (C=O) groups is 2. The highest BCUT2D eigenvalue weighted by Gasteiger charge is 2.04. The molecule has 4 nitrogen and oxygen atoms in total. The topological polar surface area (TPSA) is 58.2 Å². The summed E-state index contributed by atoms with van der Waals surface area (Å²) in [5.74, 6) is -0.00965. The van der Waals surface area contributed by atoms with Gasteiger partial charge in [0.05, 0.1) is 0 Å². The molecule has 2 N–H and O–H groups in total. The standard InChI is InChI=1S/C20H23ClN2O2/c21-18-12-10-16(11-13-18)15-23-19(24)9-5-2-6-14-22-20(25)17-7-3-1-4-8-17/h1,3-4,7-8,10-13H,2,5-6,9,14-15H2,(H,22,25)(H,23,24). The molecular weight excluding hydrogens is 336 g/mol. The van der Waals surface area contributed by atoms with Crippen molar-refractivity contribution in [1.82, 2.24) is 10.6 Å². The van der Waals surface area contributed by atoms with Gasteiger partial charge in [-0.3, -0.25) is 9.59 Å². The van der Waals surface area contributed by atoms with Crippen LogP contribution in [0.4, 0.5) is 0 Å². The van der Waals surface area contributed by atoms with Crippen molar-refractivity contribution >= 4 is 23.4 Å². The first-order valence-corrected chi connectivity index (χ1v) is 8.87. The van der Waals surface area contributed by atoms with Gasteiger partial charge < -0.3 is 10.6 Å². The normalized spacial score (nSPS) is 10.3. The third kappa shape index (κ3) is 7.40. The fraction of sp³-hybridized carbons (Fsp3) is 0.300. The summed E-state index contributed by atoms with van der Waals surface area (Å²) in [6.45, 7) is 1.14. The highest BCUT2D eigenvalue weighted by atomic mass is 35.5. The third-order valence-corrected chi connectivity index (χ3v) is 4.06. The van der Waals surface area contributed by atoms with E-state index in [-0.39, 0.29) is 11.8 Å². The molecule has 0 aromatic heterocycles. The molecule has 0 aliphatic heterocycles. The SMILES string of the molecule is O=C(CCCCCNC(=O)c1ccccc1)NCc1ccc(Cl)cc1. The van der Waals surface area contributed by atoms with Crippen LogP contribution < -0.4 is 10.6 Å². The maximum atomic E-state index is 11.8. The Morgan fingerprint density at radius 3 is 2.28 bits per heavy atom. The molecular formula is C20H23ClN2O2. The summed E-state index contributed by atoms with van der Waals surface area (Å²) in [5, 5.41) is 6.47. The maximum Gasteiger partial charge on any atom is 0.251 e. The number of hydrogen-bond donors (Lipinski definition) is 2. The molecule has 0 bridgehead atoms.